The quantitative estimate of drug-likeness (QED) is 0.735. The Balaban J connectivity index is 2.37. The van der Waals surface area contributed by atoms with Gasteiger partial charge in [-0.2, -0.15) is 0 Å². The zero-order valence-electron chi connectivity index (χ0n) is 9.81. The summed E-state index contributed by atoms with van der Waals surface area (Å²) in [5.41, 5.74) is 2.10. The molecule has 1 rings (SSSR count). The largest absolute Gasteiger partial charge is 0.315 e. The third kappa shape index (κ3) is 4.93. The van der Waals surface area contributed by atoms with E-state index in [1.807, 2.05) is 6.92 Å². The second kappa shape index (κ2) is 5.86. The van der Waals surface area contributed by atoms with Crippen LogP contribution >= 0.6 is 0 Å². The molecule has 0 aromatic heterocycles. The van der Waals surface area contributed by atoms with E-state index in [1.165, 1.54) is 0 Å². The predicted octanol–water partition coefficient (Wildman–Crippen LogP) is 3.06. The Morgan fingerprint density at radius 1 is 1.27 bits per heavy atom. The number of benzene rings is 1. The topological polar surface area (TPSA) is 12.0 Å². The summed E-state index contributed by atoms with van der Waals surface area (Å²) in [7, 11) is 0. The second-order valence-electron chi connectivity index (χ2n) is 4.35. The van der Waals surface area contributed by atoms with Gasteiger partial charge in [0.2, 0.25) is 0 Å². The molecular weight excluding hydrogens is 189 g/mol. The maximum atomic E-state index is 13.0. The van der Waals surface area contributed by atoms with E-state index in [0.29, 0.717) is 6.04 Å². The van der Waals surface area contributed by atoms with E-state index in [-0.39, 0.29) is 5.82 Å². The number of rotatable bonds is 5. The Kier molecular flexibility index (Phi) is 4.76. The van der Waals surface area contributed by atoms with Crippen molar-refractivity contribution in [2.24, 2.45) is 0 Å². The molecular formula is C13H20FN. The summed E-state index contributed by atoms with van der Waals surface area (Å²) in [6, 6.07) is 5.77. The molecule has 1 aromatic rings. The number of halogens is 1. The van der Waals surface area contributed by atoms with Crippen molar-refractivity contribution in [1.29, 1.82) is 0 Å². The van der Waals surface area contributed by atoms with E-state index in [2.05, 4.69) is 25.2 Å². The molecule has 0 heterocycles. The Morgan fingerprint density at radius 3 is 2.60 bits per heavy atom. The highest BCUT2D eigenvalue weighted by molar-refractivity contribution is 5.23. The van der Waals surface area contributed by atoms with Crippen LogP contribution < -0.4 is 5.32 Å². The van der Waals surface area contributed by atoms with Crippen molar-refractivity contribution < 1.29 is 4.39 Å². The summed E-state index contributed by atoms with van der Waals surface area (Å²) in [6.07, 6.45) is 2.00. The second-order valence-corrected chi connectivity index (χ2v) is 4.35. The van der Waals surface area contributed by atoms with Crippen LogP contribution in [0.1, 0.15) is 31.4 Å². The zero-order chi connectivity index (χ0) is 11.3. The molecule has 0 spiro atoms. The molecule has 0 aliphatic heterocycles. The Hall–Kier alpha value is -0.890. The summed E-state index contributed by atoms with van der Waals surface area (Å²) >= 11 is 0. The van der Waals surface area contributed by atoms with E-state index < -0.39 is 0 Å². The first-order valence-electron chi connectivity index (χ1n) is 5.57. The van der Waals surface area contributed by atoms with Crippen LogP contribution in [-0.2, 0) is 6.42 Å². The van der Waals surface area contributed by atoms with Crippen molar-refractivity contribution in [3.8, 4) is 0 Å². The average molecular weight is 209 g/mol. The number of aryl methyl sites for hydroxylation is 2. The van der Waals surface area contributed by atoms with Gasteiger partial charge in [0.1, 0.15) is 5.82 Å². The molecule has 0 amide bonds. The molecule has 0 fully saturated rings. The van der Waals surface area contributed by atoms with Gasteiger partial charge in [-0.05, 0) is 49.6 Å². The number of hydrogen-bond donors (Lipinski definition) is 1. The molecule has 0 saturated carbocycles. The van der Waals surface area contributed by atoms with E-state index in [4.69, 9.17) is 0 Å². The van der Waals surface area contributed by atoms with Gasteiger partial charge < -0.3 is 5.32 Å². The Labute approximate surface area is 91.7 Å². The predicted molar refractivity (Wildman–Crippen MR) is 62.6 cm³/mol. The van der Waals surface area contributed by atoms with Gasteiger partial charge in [0.05, 0.1) is 0 Å². The van der Waals surface area contributed by atoms with Gasteiger partial charge in [0, 0.05) is 6.04 Å². The molecule has 0 aliphatic rings. The standard InChI is InChI=1S/C13H20FN/c1-10(2)15-6-4-5-12-7-11(3)8-13(14)9-12/h7-10,15H,4-6H2,1-3H3. The third-order valence-electron chi connectivity index (χ3n) is 2.30. The third-order valence-corrected chi connectivity index (χ3v) is 2.30. The highest BCUT2D eigenvalue weighted by Crippen LogP contribution is 2.09. The summed E-state index contributed by atoms with van der Waals surface area (Å²) < 4.78 is 13.0. The van der Waals surface area contributed by atoms with Crippen LogP contribution in [0.2, 0.25) is 0 Å². The Bertz CT molecular complexity index is 287. The van der Waals surface area contributed by atoms with Crippen LogP contribution in [0.15, 0.2) is 18.2 Å². The maximum Gasteiger partial charge on any atom is 0.123 e. The molecule has 1 aromatic carbocycles. The van der Waals surface area contributed by atoms with E-state index >= 15 is 0 Å². The van der Waals surface area contributed by atoms with Gasteiger partial charge in [0.25, 0.3) is 0 Å². The number of nitrogens with one attached hydrogen (secondary N) is 1. The molecule has 0 aliphatic carbocycles. The first-order valence-corrected chi connectivity index (χ1v) is 5.57. The molecule has 1 nitrogen and oxygen atoms in total. The molecule has 0 bridgehead atoms. The van der Waals surface area contributed by atoms with Crippen molar-refractivity contribution in [3.63, 3.8) is 0 Å². The van der Waals surface area contributed by atoms with E-state index in [1.54, 1.807) is 12.1 Å². The van der Waals surface area contributed by atoms with Crippen molar-refractivity contribution in [3.05, 3.63) is 35.1 Å². The minimum Gasteiger partial charge on any atom is -0.315 e. The maximum absolute atomic E-state index is 13.0. The summed E-state index contributed by atoms with van der Waals surface area (Å²) in [5, 5.41) is 3.35. The lowest BCUT2D eigenvalue weighted by Gasteiger charge is -2.08. The lowest BCUT2D eigenvalue weighted by molar-refractivity contribution is 0.569. The molecule has 0 radical (unpaired) electrons. The summed E-state index contributed by atoms with van der Waals surface area (Å²) in [6.45, 7) is 7.19. The normalized spacial score (nSPS) is 11.0. The van der Waals surface area contributed by atoms with E-state index in [0.717, 1.165) is 30.5 Å². The lowest BCUT2D eigenvalue weighted by Crippen LogP contribution is -2.23. The molecule has 2 heteroatoms. The average Bonchev–Trinajstić information content (AvgIpc) is 2.10. The van der Waals surface area contributed by atoms with Crippen LogP contribution in [0.25, 0.3) is 0 Å². The van der Waals surface area contributed by atoms with Gasteiger partial charge in [-0.3, -0.25) is 0 Å². The highest BCUT2D eigenvalue weighted by Gasteiger charge is 1.98. The van der Waals surface area contributed by atoms with Crippen molar-refractivity contribution in [1.82, 2.24) is 5.32 Å². The fraction of sp³-hybridized carbons (Fsp3) is 0.538. The SMILES string of the molecule is Cc1cc(F)cc(CCCNC(C)C)c1. The van der Waals surface area contributed by atoms with Gasteiger partial charge >= 0.3 is 0 Å². The molecule has 15 heavy (non-hydrogen) atoms. The molecule has 84 valence electrons. The first kappa shape index (κ1) is 12.2. The lowest BCUT2D eigenvalue weighted by atomic mass is 10.1. The van der Waals surface area contributed by atoms with Crippen molar-refractivity contribution in [2.75, 3.05) is 6.54 Å². The van der Waals surface area contributed by atoms with Gasteiger partial charge in [-0.1, -0.05) is 19.9 Å². The highest BCUT2D eigenvalue weighted by atomic mass is 19.1. The van der Waals surface area contributed by atoms with Crippen LogP contribution in [0.3, 0.4) is 0 Å². The van der Waals surface area contributed by atoms with Crippen molar-refractivity contribution >= 4 is 0 Å². The Morgan fingerprint density at radius 2 is 2.00 bits per heavy atom. The molecule has 0 unspecified atom stereocenters. The summed E-state index contributed by atoms with van der Waals surface area (Å²) in [5.74, 6) is -0.123. The van der Waals surface area contributed by atoms with Crippen LogP contribution in [0.5, 0.6) is 0 Å². The zero-order valence-corrected chi connectivity index (χ0v) is 9.81. The molecule has 0 saturated heterocycles. The van der Waals surface area contributed by atoms with Gasteiger partial charge in [-0.15, -0.1) is 0 Å². The monoisotopic (exact) mass is 209 g/mol. The van der Waals surface area contributed by atoms with E-state index in [9.17, 15) is 4.39 Å². The fourth-order valence-corrected chi connectivity index (χ4v) is 1.64. The molecule has 0 atom stereocenters. The minimum atomic E-state index is -0.123. The fourth-order valence-electron chi connectivity index (χ4n) is 1.64. The minimum absolute atomic E-state index is 0.123. The first-order chi connectivity index (χ1) is 7.08. The smallest absolute Gasteiger partial charge is 0.123 e. The summed E-state index contributed by atoms with van der Waals surface area (Å²) in [4.78, 5) is 0. The van der Waals surface area contributed by atoms with Crippen LogP contribution in [-0.4, -0.2) is 12.6 Å². The van der Waals surface area contributed by atoms with Crippen LogP contribution in [0, 0.1) is 12.7 Å². The van der Waals surface area contributed by atoms with Crippen LogP contribution in [0.4, 0.5) is 4.39 Å². The molecule has 1 N–H and O–H groups in total. The van der Waals surface area contributed by atoms with Gasteiger partial charge in [0.15, 0.2) is 0 Å². The number of hydrogen-bond acceptors (Lipinski definition) is 1. The van der Waals surface area contributed by atoms with Gasteiger partial charge in [-0.25, -0.2) is 4.39 Å². The van der Waals surface area contributed by atoms with Crippen molar-refractivity contribution in [2.45, 2.75) is 39.7 Å².